The van der Waals surface area contributed by atoms with Crippen LogP contribution < -0.4 is 10.9 Å². The summed E-state index contributed by atoms with van der Waals surface area (Å²) in [6.07, 6.45) is 12.0. The van der Waals surface area contributed by atoms with Crippen LogP contribution in [0, 0.1) is 11.8 Å². The van der Waals surface area contributed by atoms with Crippen molar-refractivity contribution < 1.29 is 17.1 Å². The summed E-state index contributed by atoms with van der Waals surface area (Å²) in [6, 6.07) is 12.8. The Labute approximate surface area is 229 Å². The minimum atomic E-state index is -0.185. The number of hydrogen-bond donors (Lipinski definition) is 0. The molecule has 0 aromatic carbocycles. The Balaban J connectivity index is 0.000000240. The van der Waals surface area contributed by atoms with Gasteiger partial charge in [-0.1, -0.05) is 95.2 Å². The standard InChI is InChI=1S/2C15H23NP.Fe/c2*1-12-8-7-9-13(12)17(15(2,3)4)14-10-5-6-11-16-14;/h2*5-6,10-11,13H,7-9H2,1-4H3;/q2*-1;+2. The monoisotopic (exact) mass is 552 g/mol. The summed E-state index contributed by atoms with van der Waals surface area (Å²) in [5.74, 6) is 3.41. The number of aromatic nitrogens is 2. The molecule has 4 atom stereocenters. The molecule has 4 rings (SSSR count). The van der Waals surface area contributed by atoms with Crippen molar-refractivity contribution in [1.82, 2.24) is 9.97 Å². The van der Waals surface area contributed by atoms with E-state index in [-0.39, 0.29) is 32.9 Å². The maximum Gasteiger partial charge on any atom is 2.00 e. The van der Waals surface area contributed by atoms with Crippen molar-refractivity contribution in [3.63, 3.8) is 0 Å². The molecule has 2 aromatic heterocycles. The smallest absolute Gasteiger partial charge is 0.309 e. The molecular formula is C30H46FeN2P2. The van der Waals surface area contributed by atoms with Gasteiger partial charge in [0.15, 0.2) is 0 Å². The van der Waals surface area contributed by atoms with Gasteiger partial charge in [0.05, 0.1) is 10.9 Å². The van der Waals surface area contributed by atoms with Gasteiger partial charge in [0.25, 0.3) is 0 Å². The van der Waals surface area contributed by atoms with Gasteiger partial charge in [-0.15, -0.1) is 11.3 Å². The molecule has 2 aliphatic rings. The largest absolute Gasteiger partial charge is 2.00 e. The molecule has 0 spiro atoms. The number of rotatable bonds is 4. The SMILES string of the molecule is C[C-]1CCCC1P(c1ccccn1)C(C)(C)C.C[C-]1CCCC1P(c1ccccn1)C(C)(C)C.[Fe+2]. The summed E-state index contributed by atoms with van der Waals surface area (Å²) in [6.45, 7) is 18.9. The van der Waals surface area contributed by atoms with Crippen molar-refractivity contribution in [3.8, 4) is 0 Å². The van der Waals surface area contributed by atoms with E-state index in [1.54, 1.807) is 11.8 Å². The van der Waals surface area contributed by atoms with Gasteiger partial charge < -0.3 is 11.8 Å². The zero-order valence-electron chi connectivity index (χ0n) is 23.2. The molecule has 194 valence electrons. The van der Waals surface area contributed by atoms with E-state index >= 15 is 0 Å². The van der Waals surface area contributed by atoms with Gasteiger partial charge in [-0.3, -0.25) is 9.97 Å². The van der Waals surface area contributed by atoms with E-state index in [0.717, 1.165) is 11.3 Å². The zero-order chi connectivity index (χ0) is 24.9. The van der Waals surface area contributed by atoms with Crippen LogP contribution in [0.2, 0.25) is 0 Å². The summed E-state index contributed by atoms with van der Waals surface area (Å²) < 4.78 is 0. The Morgan fingerprint density at radius 1 is 0.686 bits per heavy atom. The predicted octanol–water partition coefficient (Wildman–Crippen LogP) is 8.27. The van der Waals surface area contributed by atoms with E-state index in [1.807, 2.05) is 24.5 Å². The fourth-order valence-corrected chi connectivity index (χ4v) is 12.4. The van der Waals surface area contributed by atoms with Crippen LogP contribution in [0.1, 0.15) is 93.9 Å². The second kappa shape index (κ2) is 13.5. The van der Waals surface area contributed by atoms with Crippen LogP contribution in [-0.2, 0) is 17.1 Å². The van der Waals surface area contributed by atoms with Gasteiger partial charge in [-0.25, -0.2) is 0 Å². The first-order chi connectivity index (χ1) is 16.0. The van der Waals surface area contributed by atoms with Gasteiger partial charge in [0.1, 0.15) is 0 Å². The Morgan fingerprint density at radius 2 is 1.06 bits per heavy atom. The Morgan fingerprint density at radius 3 is 1.29 bits per heavy atom. The van der Waals surface area contributed by atoms with Gasteiger partial charge in [-0.2, -0.15) is 26.7 Å². The van der Waals surface area contributed by atoms with Crippen LogP contribution in [0.25, 0.3) is 0 Å². The molecule has 2 aliphatic carbocycles. The fourth-order valence-electron chi connectivity index (χ4n) is 5.61. The molecule has 0 amide bonds. The molecule has 2 heterocycles. The Hall–Kier alpha value is -0.321. The van der Waals surface area contributed by atoms with Crippen molar-refractivity contribution in [3.05, 3.63) is 60.6 Å². The molecule has 4 unspecified atom stereocenters. The van der Waals surface area contributed by atoms with Crippen molar-refractivity contribution in [1.29, 1.82) is 0 Å². The molecule has 2 saturated carbocycles. The van der Waals surface area contributed by atoms with Crippen LogP contribution in [0.15, 0.2) is 48.8 Å². The van der Waals surface area contributed by atoms with Crippen molar-refractivity contribution in [2.45, 2.75) is 116 Å². The van der Waals surface area contributed by atoms with Crippen LogP contribution in [0.3, 0.4) is 0 Å². The molecule has 2 nitrogen and oxygen atoms in total. The van der Waals surface area contributed by atoms with E-state index in [0.29, 0.717) is 10.3 Å². The van der Waals surface area contributed by atoms with Crippen LogP contribution in [0.4, 0.5) is 0 Å². The summed E-state index contributed by atoms with van der Waals surface area (Å²) in [5.41, 5.74) is 4.25. The first kappa shape index (κ1) is 30.9. The topological polar surface area (TPSA) is 25.8 Å². The first-order valence-corrected chi connectivity index (χ1v) is 15.9. The second-order valence-electron chi connectivity index (χ2n) is 12.0. The van der Waals surface area contributed by atoms with Gasteiger partial charge in [0.2, 0.25) is 0 Å². The number of nitrogens with zero attached hydrogens (tertiary/aromatic N) is 2. The van der Waals surface area contributed by atoms with E-state index in [9.17, 15) is 0 Å². The number of hydrogen-bond acceptors (Lipinski definition) is 2. The minimum absolute atomic E-state index is 0. The molecule has 5 heteroatoms. The van der Waals surface area contributed by atoms with Crippen LogP contribution in [0.5, 0.6) is 0 Å². The second-order valence-corrected chi connectivity index (χ2v) is 18.3. The Bertz CT molecular complexity index is 790. The van der Waals surface area contributed by atoms with Gasteiger partial charge >= 0.3 is 17.1 Å². The molecule has 0 aliphatic heterocycles. The van der Waals surface area contributed by atoms with E-state index < -0.39 is 0 Å². The summed E-state index contributed by atoms with van der Waals surface area (Å²) in [4.78, 5) is 9.28. The summed E-state index contributed by atoms with van der Waals surface area (Å²) >= 11 is 0. The quantitative estimate of drug-likeness (QED) is 0.217. The molecule has 35 heavy (non-hydrogen) atoms. The van der Waals surface area contributed by atoms with E-state index in [2.05, 4.69) is 89.6 Å². The third-order valence-corrected chi connectivity index (χ3v) is 14.1. The fraction of sp³-hybridized carbons (Fsp3) is 0.600. The van der Waals surface area contributed by atoms with Crippen molar-refractivity contribution >= 4 is 26.7 Å². The molecule has 0 N–H and O–H groups in total. The average Bonchev–Trinajstić information content (AvgIpc) is 3.37. The Kier molecular flexibility index (Phi) is 11.9. The van der Waals surface area contributed by atoms with E-state index in [4.69, 9.17) is 0 Å². The maximum absolute atomic E-state index is 4.64. The molecule has 0 bridgehead atoms. The molecule has 2 fully saturated rings. The third-order valence-electron chi connectivity index (χ3n) is 7.10. The summed E-state index contributed by atoms with van der Waals surface area (Å²) in [5, 5.41) is 0.694. The molecular weight excluding hydrogens is 506 g/mol. The van der Waals surface area contributed by atoms with Crippen molar-refractivity contribution in [2.75, 3.05) is 0 Å². The van der Waals surface area contributed by atoms with Crippen LogP contribution >= 0.6 is 15.8 Å². The zero-order valence-corrected chi connectivity index (χ0v) is 26.1. The number of pyridine rings is 2. The molecule has 2 aromatic rings. The van der Waals surface area contributed by atoms with Crippen LogP contribution in [-0.4, -0.2) is 31.6 Å². The minimum Gasteiger partial charge on any atom is -0.309 e. The normalized spacial score (nSPS) is 23.2. The maximum atomic E-state index is 4.64. The molecule has 0 radical (unpaired) electrons. The average molecular weight is 553 g/mol. The van der Waals surface area contributed by atoms with Gasteiger partial charge in [0, 0.05) is 12.4 Å². The first-order valence-electron chi connectivity index (χ1n) is 13.1. The van der Waals surface area contributed by atoms with Crippen molar-refractivity contribution in [2.24, 2.45) is 0 Å². The summed E-state index contributed by atoms with van der Waals surface area (Å²) in [7, 11) is -0.371. The van der Waals surface area contributed by atoms with E-state index in [1.165, 1.54) is 49.4 Å². The third kappa shape index (κ3) is 8.34. The van der Waals surface area contributed by atoms with Gasteiger partial charge in [-0.05, 0) is 34.6 Å². The molecule has 0 saturated heterocycles. The predicted molar refractivity (Wildman–Crippen MR) is 154 cm³/mol.